The van der Waals surface area contributed by atoms with Gasteiger partial charge in [-0.15, -0.1) is 0 Å². The molecule has 110 valence electrons. The number of benzene rings is 1. The van der Waals surface area contributed by atoms with Gasteiger partial charge in [0.15, 0.2) is 0 Å². The fraction of sp³-hybridized carbons (Fsp3) is 0.647. The minimum atomic E-state index is 0.612. The summed E-state index contributed by atoms with van der Waals surface area (Å²) in [5, 5.41) is 3.64. The zero-order valence-corrected chi connectivity index (χ0v) is 13.8. The van der Waals surface area contributed by atoms with Crippen LogP contribution < -0.4 is 10.1 Å². The molecule has 1 unspecified atom stereocenters. The number of nitrogens with one attached hydrogen (secondary N) is 1. The number of ether oxygens (including phenoxy) is 1. The Morgan fingerprint density at radius 2 is 2.10 bits per heavy atom. The van der Waals surface area contributed by atoms with Gasteiger partial charge in [0.2, 0.25) is 0 Å². The van der Waals surface area contributed by atoms with E-state index in [4.69, 9.17) is 4.74 Å². The normalized spacial score (nSPS) is 22.8. The van der Waals surface area contributed by atoms with Gasteiger partial charge in [0.25, 0.3) is 0 Å². The highest BCUT2D eigenvalue weighted by atomic mass is 79.9. The van der Waals surface area contributed by atoms with E-state index < -0.39 is 0 Å². The predicted octanol–water partition coefficient (Wildman–Crippen LogP) is 4.23. The van der Waals surface area contributed by atoms with Crippen molar-refractivity contribution in [1.29, 1.82) is 0 Å². The summed E-state index contributed by atoms with van der Waals surface area (Å²) >= 11 is 3.69. The fourth-order valence-corrected chi connectivity index (χ4v) is 3.69. The number of halogens is 1. The summed E-state index contributed by atoms with van der Waals surface area (Å²) in [5.74, 6) is 1.87. The van der Waals surface area contributed by atoms with Gasteiger partial charge in [0, 0.05) is 6.04 Å². The zero-order chi connectivity index (χ0) is 13.9. The summed E-state index contributed by atoms with van der Waals surface area (Å²) in [6.07, 6.45) is 7.71. The van der Waals surface area contributed by atoms with Crippen LogP contribution in [0.1, 0.15) is 43.2 Å². The quantitative estimate of drug-likeness (QED) is 0.867. The Morgan fingerprint density at radius 3 is 2.80 bits per heavy atom. The summed E-state index contributed by atoms with van der Waals surface area (Å²) in [6.45, 7) is 4.20. The number of hydrogen-bond acceptors (Lipinski definition) is 2. The molecule has 1 aliphatic heterocycles. The number of rotatable bonds is 5. The molecule has 2 aliphatic rings. The SMILES string of the molecule is Cc1cc(Br)c(OCC2CC2)c(CC2CCCCN2)c1. The number of hydrogen-bond donors (Lipinski definition) is 1. The van der Waals surface area contributed by atoms with Gasteiger partial charge < -0.3 is 10.1 Å². The molecule has 0 bridgehead atoms. The van der Waals surface area contributed by atoms with Crippen LogP contribution in [0.5, 0.6) is 5.75 Å². The Morgan fingerprint density at radius 1 is 1.25 bits per heavy atom. The van der Waals surface area contributed by atoms with Crippen molar-refractivity contribution < 1.29 is 4.74 Å². The standard InChI is InChI=1S/C17H24BrNO/c1-12-8-14(10-15-4-2-3-7-19-15)17(16(18)9-12)20-11-13-5-6-13/h8-9,13,15,19H,2-7,10-11H2,1H3. The topological polar surface area (TPSA) is 21.3 Å². The van der Waals surface area contributed by atoms with Crippen LogP contribution >= 0.6 is 15.9 Å². The molecule has 1 saturated carbocycles. The molecular weight excluding hydrogens is 314 g/mol. The molecule has 20 heavy (non-hydrogen) atoms. The number of piperidine rings is 1. The first-order chi connectivity index (χ1) is 9.72. The molecule has 3 heteroatoms. The van der Waals surface area contributed by atoms with Gasteiger partial charge in [-0.2, -0.15) is 0 Å². The summed E-state index contributed by atoms with van der Waals surface area (Å²) in [5.41, 5.74) is 2.67. The van der Waals surface area contributed by atoms with Crippen molar-refractivity contribution in [3.05, 3.63) is 27.7 Å². The van der Waals surface area contributed by atoms with Crippen LogP contribution in [-0.4, -0.2) is 19.2 Å². The Labute approximate surface area is 130 Å². The maximum atomic E-state index is 6.11. The first-order valence-electron chi connectivity index (χ1n) is 7.87. The van der Waals surface area contributed by atoms with Crippen molar-refractivity contribution >= 4 is 15.9 Å². The molecule has 1 aliphatic carbocycles. The van der Waals surface area contributed by atoms with Crippen molar-refractivity contribution in [3.8, 4) is 5.75 Å². The molecule has 0 amide bonds. The van der Waals surface area contributed by atoms with E-state index in [0.717, 1.165) is 35.7 Å². The highest BCUT2D eigenvalue weighted by molar-refractivity contribution is 9.10. The van der Waals surface area contributed by atoms with Crippen LogP contribution in [0.25, 0.3) is 0 Å². The Kier molecular flexibility index (Phi) is 4.67. The molecule has 0 aromatic heterocycles. The van der Waals surface area contributed by atoms with Crippen LogP contribution in [0.3, 0.4) is 0 Å². The average molecular weight is 338 g/mol. The van der Waals surface area contributed by atoms with Crippen molar-refractivity contribution in [3.63, 3.8) is 0 Å². The average Bonchev–Trinajstić information content (AvgIpc) is 3.23. The third-order valence-electron chi connectivity index (χ3n) is 4.30. The largest absolute Gasteiger partial charge is 0.492 e. The second-order valence-corrected chi connectivity index (χ2v) is 7.19. The summed E-state index contributed by atoms with van der Waals surface area (Å²) in [4.78, 5) is 0. The van der Waals surface area contributed by atoms with Gasteiger partial charge in [-0.25, -0.2) is 0 Å². The predicted molar refractivity (Wildman–Crippen MR) is 86.4 cm³/mol. The Hall–Kier alpha value is -0.540. The third-order valence-corrected chi connectivity index (χ3v) is 4.89. The van der Waals surface area contributed by atoms with Crippen molar-refractivity contribution in [2.24, 2.45) is 5.92 Å². The van der Waals surface area contributed by atoms with Gasteiger partial charge in [-0.05, 0) is 84.6 Å². The molecule has 0 spiro atoms. The van der Waals surface area contributed by atoms with E-state index in [-0.39, 0.29) is 0 Å². The molecule has 3 rings (SSSR count). The Bertz CT molecular complexity index is 464. The highest BCUT2D eigenvalue weighted by Gasteiger charge is 2.24. The molecule has 1 saturated heterocycles. The van der Waals surface area contributed by atoms with E-state index in [1.165, 1.54) is 43.2 Å². The molecule has 1 N–H and O–H groups in total. The Balaban J connectivity index is 1.74. The van der Waals surface area contributed by atoms with Crippen LogP contribution in [-0.2, 0) is 6.42 Å². The molecule has 1 heterocycles. The van der Waals surface area contributed by atoms with Gasteiger partial charge in [0.1, 0.15) is 5.75 Å². The van der Waals surface area contributed by atoms with Crippen LogP contribution in [0.4, 0.5) is 0 Å². The lowest BCUT2D eigenvalue weighted by Crippen LogP contribution is -2.35. The molecule has 1 aromatic rings. The van der Waals surface area contributed by atoms with Gasteiger partial charge >= 0.3 is 0 Å². The van der Waals surface area contributed by atoms with Crippen LogP contribution in [0, 0.1) is 12.8 Å². The second-order valence-electron chi connectivity index (χ2n) is 6.34. The summed E-state index contributed by atoms with van der Waals surface area (Å²) < 4.78 is 7.23. The molecule has 2 nitrogen and oxygen atoms in total. The van der Waals surface area contributed by atoms with E-state index >= 15 is 0 Å². The van der Waals surface area contributed by atoms with Gasteiger partial charge in [-0.1, -0.05) is 12.5 Å². The van der Waals surface area contributed by atoms with Crippen molar-refractivity contribution in [2.75, 3.05) is 13.2 Å². The van der Waals surface area contributed by atoms with Gasteiger partial charge in [0.05, 0.1) is 11.1 Å². The summed E-state index contributed by atoms with van der Waals surface area (Å²) in [6, 6.07) is 5.07. The molecule has 1 atom stereocenters. The lowest BCUT2D eigenvalue weighted by Gasteiger charge is -2.25. The maximum Gasteiger partial charge on any atom is 0.136 e. The lowest BCUT2D eigenvalue weighted by atomic mass is 9.96. The molecule has 2 fully saturated rings. The maximum absolute atomic E-state index is 6.11. The molecular formula is C17H24BrNO. The van der Waals surface area contributed by atoms with Gasteiger partial charge in [-0.3, -0.25) is 0 Å². The van der Waals surface area contributed by atoms with E-state index in [1.807, 2.05) is 0 Å². The van der Waals surface area contributed by atoms with Crippen LogP contribution in [0.2, 0.25) is 0 Å². The monoisotopic (exact) mass is 337 g/mol. The lowest BCUT2D eigenvalue weighted by molar-refractivity contribution is 0.292. The van der Waals surface area contributed by atoms with E-state index in [0.29, 0.717) is 6.04 Å². The minimum absolute atomic E-state index is 0.612. The first kappa shape index (κ1) is 14.4. The molecule has 1 aromatic carbocycles. The second kappa shape index (κ2) is 6.48. The van der Waals surface area contributed by atoms with E-state index in [1.54, 1.807) is 0 Å². The molecule has 0 radical (unpaired) electrons. The highest BCUT2D eigenvalue weighted by Crippen LogP contribution is 2.35. The van der Waals surface area contributed by atoms with Crippen LogP contribution in [0.15, 0.2) is 16.6 Å². The van der Waals surface area contributed by atoms with E-state index in [9.17, 15) is 0 Å². The first-order valence-corrected chi connectivity index (χ1v) is 8.67. The van der Waals surface area contributed by atoms with Crippen molar-refractivity contribution in [2.45, 2.75) is 51.5 Å². The van der Waals surface area contributed by atoms with E-state index in [2.05, 4.69) is 40.3 Å². The smallest absolute Gasteiger partial charge is 0.136 e. The summed E-state index contributed by atoms with van der Waals surface area (Å²) in [7, 11) is 0. The number of aryl methyl sites for hydroxylation is 1. The van der Waals surface area contributed by atoms with Crippen molar-refractivity contribution in [1.82, 2.24) is 5.32 Å². The minimum Gasteiger partial charge on any atom is -0.492 e. The third kappa shape index (κ3) is 3.76. The zero-order valence-electron chi connectivity index (χ0n) is 12.3. The fourth-order valence-electron chi connectivity index (χ4n) is 2.96.